The molecule has 0 aliphatic carbocycles. The minimum atomic E-state index is 0.822. The molecule has 0 spiro atoms. The molecule has 0 unspecified atom stereocenters. The second kappa shape index (κ2) is 5.23. The summed E-state index contributed by atoms with van der Waals surface area (Å²) in [6.07, 6.45) is 2.65. The molecule has 0 saturated carbocycles. The summed E-state index contributed by atoms with van der Waals surface area (Å²) in [6.45, 7) is 5.88. The van der Waals surface area contributed by atoms with Crippen LogP contribution in [0.1, 0.15) is 12.8 Å². The first-order valence-corrected chi connectivity index (χ1v) is 6.48. The maximum absolute atomic E-state index is 5.40. The van der Waals surface area contributed by atoms with E-state index in [2.05, 4.69) is 16.7 Å². The number of hydrogen-bond donors (Lipinski definition) is 0. The highest BCUT2D eigenvalue weighted by Gasteiger charge is 2.19. The van der Waals surface area contributed by atoms with E-state index >= 15 is 0 Å². The van der Waals surface area contributed by atoms with Crippen molar-refractivity contribution in [2.45, 2.75) is 12.8 Å². The number of thioether (sulfide) groups is 1. The van der Waals surface area contributed by atoms with E-state index in [1.165, 1.54) is 44.0 Å². The molecular formula is C10H19NOS. The zero-order valence-electron chi connectivity index (χ0n) is 8.21. The second-order valence-corrected chi connectivity index (χ2v) is 5.22. The zero-order chi connectivity index (χ0) is 8.93. The Labute approximate surface area is 85.0 Å². The first-order valence-electron chi connectivity index (χ1n) is 5.33. The summed E-state index contributed by atoms with van der Waals surface area (Å²) in [4.78, 5) is 2.62. The average Bonchev–Trinajstić information content (AvgIpc) is 2.49. The fraction of sp³-hybridized carbons (Fsp3) is 1.00. The lowest BCUT2D eigenvalue weighted by molar-refractivity contribution is 0.169. The lowest BCUT2D eigenvalue weighted by atomic mass is 10.1. The lowest BCUT2D eigenvalue weighted by Gasteiger charge is -2.22. The Morgan fingerprint density at radius 1 is 1.31 bits per heavy atom. The monoisotopic (exact) mass is 201 g/mol. The van der Waals surface area contributed by atoms with Gasteiger partial charge in [0.1, 0.15) is 0 Å². The molecule has 0 bridgehead atoms. The molecule has 2 aliphatic rings. The molecule has 2 fully saturated rings. The van der Waals surface area contributed by atoms with E-state index in [0.717, 1.165) is 19.1 Å². The van der Waals surface area contributed by atoms with Crippen LogP contribution in [-0.4, -0.2) is 49.3 Å². The van der Waals surface area contributed by atoms with Crippen LogP contribution in [0.2, 0.25) is 0 Å². The number of ether oxygens (including phenoxy) is 1. The first kappa shape index (κ1) is 9.81. The highest BCUT2D eigenvalue weighted by Crippen LogP contribution is 2.16. The third-order valence-electron chi connectivity index (χ3n) is 2.86. The number of hydrogen-bond acceptors (Lipinski definition) is 3. The van der Waals surface area contributed by atoms with E-state index in [-0.39, 0.29) is 0 Å². The van der Waals surface area contributed by atoms with Gasteiger partial charge in [-0.15, -0.1) is 0 Å². The van der Waals surface area contributed by atoms with Crippen molar-refractivity contribution in [1.82, 2.24) is 4.90 Å². The van der Waals surface area contributed by atoms with Crippen molar-refractivity contribution in [2.24, 2.45) is 5.92 Å². The maximum Gasteiger partial charge on any atom is 0.0507 e. The van der Waals surface area contributed by atoms with Crippen LogP contribution in [0.15, 0.2) is 0 Å². The Balaban J connectivity index is 1.71. The Hall–Kier alpha value is 0.270. The summed E-state index contributed by atoms with van der Waals surface area (Å²) in [6, 6.07) is 0. The molecule has 76 valence electrons. The van der Waals surface area contributed by atoms with Crippen molar-refractivity contribution in [1.29, 1.82) is 0 Å². The van der Waals surface area contributed by atoms with Crippen molar-refractivity contribution >= 4 is 11.8 Å². The Kier molecular flexibility index (Phi) is 3.94. The molecule has 2 aliphatic heterocycles. The van der Waals surface area contributed by atoms with Crippen LogP contribution >= 0.6 is 11.8 Å². The molecule has 2 heterocycles. The van der Waals surface area contributed by atoms with E-state index in [1.54, 1.807) is 0 Å². The van der Waals surface area contributed by atoms with Gasteiger partial charge in [-0.05, 0) is 31.1 Å². The van der Waals surface area contributed by atoms with E-state index in [1.807, 2.05) is 0 Å². The summed E-state index contributed by atoms with van der Waals surface area (Å²) < 4.78 is 5.40. The lowest BCUT2D eigenvalue weighted by Crippen LogP contribution is -2.31. The van der Waals surface area contributed by atoms with Crippen molar-refractivity contribution < 1.29 is 4.74 Å². The predicted molar refractivity (Wildman–Crippen MR) is 57.3 cm³/mol. The van der Waals surface area contributed by atoms with Gasteiger partial charge in [-0.25, -0.2) is 0 Å². The highest BCUT2D eigenvalue weighted by molar-refractivity contribution is 7.99. The smallest absolute Gasteiger partial charge is 0.0507 e. The summed E-state index contributed by atoms with van der Waals surface area (Å²) in [5, 5.41) is 0. The van der Waals surface area contributed by atoms with E-state index < -0.39 is 0 Å². The molecule has 3 heteroatoms. The van der Waals surface area contributed by atoms with Gasteiger partial charge >= 0.3 is 0 Å². The van der Waals surface area contributed by atoms with Gasteiger partial charge in [0.2, 0.25) is 0 Å². The van der Waals surface area contributed by atoms with Gasteiger partial charge in [0.05, 0.1) is 6.61 Å². The van der Waals surface area contributed by atoms with Crippen LogP contribution in [0.4, 0.5) is 0 Å². The SMILES string of the molecule is C1CSCCN(C[C@@H]2CCOC2)C1. The number of rotatable bonds is 2. The highest BCUT2D eigenvalue weighted by atomic mass is 32.2. The molecule has 2 saturated heterocycles. The molecule has 2 rings (SSSR count). The molecule has 0 aromatic rings. The quantitative estimate of drug-likeness (QED) is 0.671. The molecule has 13 heavy (non-hydrogen) atoms. The van der Waals surface area contributed by atoms with Crippen molar-refractivity contribution in [2.75, 3.05) is 44.4 Å². The summed E-state index contributed by atoms with van der Waals surface area (Å²) >= 11 is 2.10. The standard InChI is InChI=1S/C10H19NOS/c1-3-11(4-7-13-6-1)8-10-2-5-12-9-10/h10H,1-9H2/t10-/m0/s1. The average molecular weight is 201 g/mol. The fourth-order valence-corrected chi connectivity index (χ4v) is 3.00. The van der Waals surface area contributed by atoms with Crippen LogP contribution in [0.3, 0.4) is 0 Å². The third-order valence-corrected chi connectivity index (χ3v) is 3.90. The van der Waals surface area contributed by atoms with Gasteiger partial charge in [0.25, 0.3) is 0 Å². The van der Waals surface area contributed by atoms with Gasteiger partial charge < -0.3 is 9.64 Å². The Morgan fingerprint density at radius 3 is 3.15 bits per heavy atom. The minimum Gasteiger partial charge on any atom is -0.381 e. The van der Waals surface area contributed by atoms with E-state index in [4.69, 9.17) is 4.74 Å². The molecule has 2 nitrogen and oxygen atoms in total. The predicted octanol–water partition coefficient (Wildman–Crippen LogP) is 1.46. The summed E-state index contributed by atoms with van der Waals surface area (Å²) in [7, 11) is 0. The first-order chi connectivity index (χ1) is 6.45. The molecular weight excluding hydrogens is 182 g/mol. The fourth-order valence-electron chi connectivity index (χ4n) is 2.07. The maximum atomic E-state index is 5.40. The Bertz CT molecular complexity index is 140. The second-order valence-electron chi connectivity index (χ2n) is 4.00. The van der Waals surface area contributed by atoms with Crippen LogP contribution in [0, 0.1) is 5.92 Å². The molecule has 0 aromatic heterocycles. The minimum absolute atomic E-state index is 0.822. The van der Waals surface area contributed by atoms with Crippen LogP contribution < -0.4 is 0 Å². The van der Waals surface area contributed by atoms with Gasteiger partial charge in [-0.3, -0.25) is 0 Å². The molecule has 0 aromatic carbocycles. The van der Waals surface area contributed by atoms with Crippen molar-refractivity contribution in [3.63, 3.8) is 0 Å². The Morgan fingerprint density at radius 2 is 2.31 bits per heavy atom. The normalized spacial score (nSPS) is 31.8. The molecule has 0 amide bonds. The van der Waals surface area contributed by atoms with Crippen LogP contribution in [-0.2, 0) is 4.74 Å². The molecule has 0 radical (unpaired) electrons. The molecule has 1 atom stereocenters. The van der Waals surface area contributed by atoms with Gasteiger partial charge in [0, 0.05) is 25.4 Å². The zero-order valence-corrected chi connectivity index (χ0v) is 9.02. The van der Waals surface area contributed by atoms with Gasteiger partial charge in [0.15, 0.2) is 0 Å². The van der Waals surface area contributed by atoms with Gasteiger partial charge in [-0.1, -0.05) is 0 Å². The topological polar surface area (TPSA) is 12.5 Å². The van der Waals surface area contributed by atoms with Crippen molar-refractivity contribution in [3.8, 4) is 0 Å². The molecule has 0 N–H and O–H groups in total. The van der Waals surface area contributed by atoms with Crippen molar-refractivity contribution in [3.05, 3.63) is 0 Å². The largest absolute Gasteiger partial charge is 0.381 e. The summed E-state index contributed by atoms with van der Waals surface area (Å²) in [5.74, 6) is 3.51. The van der Waals surface area contributed by atoms with E-state index in [9.17, 15) is 0 Å². The van der Waals surface area contributed by atoms with E-state index in [0.29, 0.717) is 0 Å². The van der Waals surface area contributed by atoms with Gasteiger partial charge in [-0.2, -0.15) is 11.8 Å². The number of nitrogens with zero attached hydrogens (tertiary/aromatic N) is 1. The van der Waals surface area contributed by atoms with Crippen LogP contribution in [0.25, 0.3) is 0 Å². The summed E-state index contributed by atoms with van der Waals surface area (Å²) in [5.41, 5.74) is 0. The van der Waals surface area contributed by atoms with Crippen LogP contribution in [0.5, 0.6) is 0 Å². The third kappa shape index (κ3) is 3.15.